The largest absolute Gasteiger partial charge is 0.396 e. The summed E-state index contributed by atoms with van der Waals surface area (Å²) in [5.74, 6) is -0.0640. The summed E-state index contributed by atoms with van der Waals surface area (Å²) in [6.45, 7) is 3.47. The first-order chi connectivity index (χ1) is 6.31. The predicted molar refractivity (Wildman–Crippen MR) is 50.4 cm³/mol. The summed E-state index contributed by atoms with van der Waals surface area (Å²) >= 11 is 0. The van der Waals surface area contributed by atoms with E-state index in [0.29, 0.717) is 13.2 Å². The Morgan fingerprint density at radius 1 is 1.38 bits per heavy atom. The molecule has 0 spiro atoms. The van der Waals surface area contributed by atoms with Crippen molar-refractivity contribution in [3.05, 3.63) is 0 Å². The molecule has 0 heterocycles. The van der Waals surface area contributed by atoms with Crippen molar-refractivity contribution >= 4 is 5.91 Å². The highest BCUT2D eigenvalue weighted by Gasteiger charge is 1.98. The van der Waals surface area contributed by atoms with Crippen LogP contribution in [-0.4, -0.2) is 37.4 Å². The Labute approximate surface area is 79.3 Å². The van der Waals surface area contributed by atoms with Gasteiger partial charge >= 0.3 is 0 Å². The molecule has 13 heavy (non-hydrogen) atoms. The van der Waals surface area contributed by atoms with E-state index in [0.717, 1.165) is 19.3 Å². The number of unbranched alkanes of at least 4 members (excludes halogenated alkanes) is 2. The lowest BCUT2D eigenvalue weighted by Gasteiger charge is -2.04. The monoisotopic (exact) mass is 189 g/mol. The van der Waals surface area contributed by atoms with Crippen molar-refractivity contribution in [2.45, 2.75) is 26.2 Å². The maximum Gasteiger partial charge on any atom is 0.245 e. The molecular weight excluding hydrogens is 170 g/mol. The van der Waals surface area contributed by atoms with Gasteiger partial charge in [0, 0.05) is 19.8 Å². The van der Waals surface area contributed by atoms with Crippen LogP contribution in [0, 0.1) is 0 Å². The number of aliphatic hydroxyl groups is 1. The molecular formula is C9H19NO3. The lowest BCUT2D eigenvalue weighted by Crippen LogP contribution is -2.28. The molecule has 0 atom stereocenters. The Morgan fingerprint density at radius 2 is 2.15 bits per heavy atom. The van der Waals surface area contributed by atoms with Crippen LogP contribution in [-0.2, 0) is 9.53 Å². The molecule has 1 amide bonds. The topological polar surface area (TPSA) is 58.6 Å². The van der Waals surface area contributed by atoms with Gasteiger partial charge in [-0.2, -0.15) is 0 Å². The number of rotatable bonds is 8. The molecule has 0 aliphatic carbocycles. The fourth-order valence-corrected chi connectivity index (χ4v) is 0.887. The fourth-order valence-electron chi connectivity index (χ4n) is 0.887. The van der Waals surface area contributed by atoms with Crippen LogP contribution in [0.15, 0.2) is 0 Å². The number of hydrogen-bond acceptors (Lipinski definition) is 3. The summed E-state index contributed by atoms with van der Waals surface area (Å²) in [4.78, 5) is 10.9. The molecule has 4 heteroatoms. The maximum absolute atomic E-state index is 10.9. The number of nitrogens with one attached hydrogen (secondary N) is 1. The van der Waals surface area contributed by atoms with Gasteiger partial charge in [-0.05, 0) is 26.2 Å². The van der Waals surface area contributed by atoms with Crippen molar-refractivity contribution in [3.63, 3.8) is 0 Å². The van der Waals surface area contributed by atoms with Gasteiger partial charge in [-0.25, -0.2) is 0 Å². The number of carbonyl (C=O) groups excluding carboxylic acids is 1. The number of ether oxygens (including phenoxy) is 1. The molecule has 0 aromatic carbocycles. The Kier molecular flexibility index (Phi) is 9.03. The lowest BCUT2D eigenvalue weighted by atomic mass is 10.2. The molecule has 78 valence electrons. The van der Waals surface area contributed by atoms with E-state index >= 15 is 0 Å². The van der Waals surface area contributed by atoms with Crippen LogP contribution in [0.5, 0.6) is 0 Å². The van der Waals surface area contributed by atoms with Crippen LogP contribution in [0.3, 0.4) is 0 Å². The second-order valence-electron chi connectivity index (χ2n) is 2.77. The number of amides is 1. The highest BCUT2D eigenvalue weighted by molar-refractivity contribution is 5.77. The molecule has 0 bridgehead atoms. The van der Waals surface area contributed by atoms with Crippen LogP contribution in [0.2, 0.25) is 0 Å². The zero-order valence-electron chi connectivity index (χ0n) is 8.21. The van der Waals surface area contributed by atoms with Crippen LogP contribution >= 0.6 is 0 Å². The van der Waals surface area contributed by atoms with Gasteiger partial charge in [-0.1, -0.05) is 0 Å². The molecule has 0 rings (SSSR count). The SMILES string of the molecule is CCOCC(=O)NCCCCCO. The van der Waals surface area contributed by atoms with Gasteiger partial charge < -0.3 is 15.2 Å². The average Bonchev–Trinajstić information content (AvgIpc) is 2.14. The summed E-state index contributed by atoms with van der Waals surface area (Å²) in [6.07, 6.45) is 2.67. The Morgan fingerprint density at radius 3 is 2.77 bits per heavy atom. The smallest absolute Gasteiger partial charge is 0.245 e. The lowest BCUT2D eigenvalue weighted by molar-refractivity contribution is -0.125. The maximum atomic E-state index is 10.9. The Hall–Kier alpha value is -0.610. The third-order valence-electron chi connectivity index (χ3n) is 1.59. The molecule has 4 nitrogen and oxygen atoms in total. The van der Waals surface area contributed by atoms with Gasteiger partial charge in [0.15, 0.2) is 0 Å². The van der Waals surface area contributed by atoms with Crippen molar-refractivity contribution in [2.75, 3.05) is 26.4 Å². The molecule has 2 N–H and O–H groups in total. The molecule has 0 aromatic heterocycles. The van der Waals surface area contributed by atoms with Crippen molar-refractivity contribution in [2.24, 2.45) is 0 Å². The van der Waals surface area contributed by atoms with Gasteiger partial charge in [0.2, 0.25) is 5.91 Å². The normalized spacial score (nSPS) is 10.0. The molecule has 0 aromatic rings. The van der Waals surface area contributed by atoms with Gasteiger partial charge in [0.25, 0.3) is 0 Å². The van der Waals surface area contributed by atoms with Crippen LogP contribution in [0.25, 0.3) is 0 Å². The summed E-state index contributed by atoms with van der Waals surface area (Å²) in [5, 5.41) is 11.2. The van der Waals surface area contributed by atoms with E-state index < -0.39 is 0 Å². The fraction of sp³-hybridized carbons (Fsp3) is 0.889. The van der Waals surface area contributed by atoms with E-state index in [2.05, 4.69) is 5.32 Å². The Balaban J connectivity index is 3.08. The zero-order valence-corrected chi connectivity index (χ0v) is 8.21. The van der Waals surface area contributed by atoms with E-state index in [4.69, 9.17) is 9.84 Å². The van der Waals surface area contributed by atoms with Gasteiger partial charge in [0.1, 0.15) is 6.61 Å². The summed E-state index contributed by atoms with van der Waals surface area (Å²) in [6, 6.07) is 0. The van der Waals surface area contributed by atoms with E-state index in [1.54, 1.807) is 0 Å². The van der Waals surface area contributed by atoms with Gasteiger partial charge in [-0.15, -0.1) is 0 Å². The standard InChI is InChI=1S/C9H19NO3/c1-2-13-8-9(12)10-6-4-3-5-7-11/h11H,2-8H2,1H3,(H,10,12). The number of hydrogen-bond donors (Lipinski definition) is 2. The first-order valence-corrected chi connectivity index (χ1v) is 4.76. The minimum absolute atomic E-state index is 0.0640. The van der Waals surface area contributed by atoms with Gasteiger partial charge in [0.05, 0.1) is 0 Å². The van der Waals surface area contributed by atoms with Crippen LogP contribution in [0.4, 0.5) is 0 Å². The Bertz CT molecular complexity index is 128. The van der Waals surface area contributed by atoms with E-state index in [-0.39, 0.29) is 19.1 Å². The van der Waals surface area contributed by atoms with Crippen LogP contribution in [0.1, 0.15) is 26.2 Å². The first-order valence-electron chi connectivity index (χ1n) is 4.76. The predicted octanol–water partition coefficient (Wildman–Crippen LogP) is 0.302. The van der Waals surface area contributed by atoms with E-state index in [1.807, 2.05) is 6.92 Å². The highest BCUT2D eigenvalue weighted by Crippen LogP contribution is 1.91. The van der Waals surface area contributed by atoms with Crippen molar-refractivity contribution in [1.29, 1.82) is 0 Å². The number of carbonyl (C=O) groups is 1. The molecule has 0 radical (unpaired) electrons. The van der Waals surface area contributed by atoms with Crippen LogP contribution < -0.4 is 5.32 Å². The minimum atomic E-state index is -0.0640. The summed E-state index contributed by atoms with van der Waals surface area (Å²) in [7, 11) is 0. The molecule has 0 aliphatic rings. The second kappa shape index (κ2) is 9.48. The second-order valence-corrected chi connectivity index (χ2v) is 2.77. The average molecular weight is 189 g/mol. The van der Waals surface area contributed by atoms with Gasteiger partial charge in [-0.3, -0.25) is 4.79 Å². The zero-order chi connectivity index (χ0) is 9.94. The van der Waals surface area contributed by atoms with E-state index in [1.165, 1.54) is 0 Å². The molecule has 0 saturated heterocycles. The molecule has 0 aliphatic heterocycles. The highest BCUT2D eigenvalue weighted by atomic mass is 16.5. The molecule has 0 fully saturated rings. The third kappa shape index (κ3) is 9.30. The molecule has 0 saturated carbocycles. The first kappa shape index (κ1) is 12.4. The number of aliphatic hydroxyl groups excluding tert-OH is 1. The minimum Gasteiger partial charge on any atom is -0.396 e. The summed E-state index contributed by atoms with van der Waals surface area (Å²) in [5.41, 5.74) is 0. The molecule has 0 unspecified atom stereocenters. The van der Waals surface area contributed by atoms with E-state index in [9.17, 15) is 4.79 Å². The summed E-state index contributed by atoms with van der Waals surface area (Å²) < 4.78 is 4.92. The van der Waals surface area contributed by atoms with Crippen molar-refractivity contribution in [3.8, 4) is 0 Å². The quantitative estimate of drug-likeness (QED) is 0.540. The van der Waals surface area contributed by atoms with Crippen molar-refractivity contribution < 1.29 is 14.6 Å². The third-order valence-corrected chi connectivity index (χ3v) is 1.59. The van der Waals surface area contributed by atoms with Crippen molar-refractivity contribution in [1.82, 2.24) is 5.32 Å².